The van der Waals surface area contributed by atoms with Gasteiger partial charge in [-0.25, -0.2) is 4.98 Å². The van der Waals surface area contributed by atoms with Gasteiger partial charge in [0.1, 0.15) is 10.7 Å². The lowest BCUT2D eigenvalue weighted by Gasteiger charge is -2.07. The topological polar surface area (TPSA) is 71.1 Å². The third kappa shape index (κ3) is 5.68. The van der Waals surface area contributed by atoms with Crippen molar-refractivity contribution in [3.63, 3.8) is 0 Å². The minimum atomic E-state index is -0.169. The highest BCUT2D eigenvalue weighted by atomic mass is 32.2. The van der Waals surface area contributed by atoms with Gasteiger partial charge in [-0.2, -0.15) is 0 Å². The molecule has 0 aliphatic rings. The number of amides is 2. The average molecular weight is 426 g/mol. The van der Waals surface area contributed by atoms with Crippen molar-refractivity contribution in [3.05, 3.63) is 65.2 Å². The van der Waals surface area contributed by atoms with Crippen molar-refractivity contribution < 1.29 is 9.59 Å². The maximum atomic E-state index is 12.9. The maximum absolute atomic E-state index is 12.9. The summed E-state index contributed by atoms with van der Waals surface area (Å²) in [7, 11) is 0. The van der Waals surface area contributed by atoms with Crippen LogP contribution < -0.4 is 10.6 Å². The molecule has 0 unspecified atom stereocenters. The summed E-state index contributed by atoms with van der Waals surface area (Å²) in [5.74, 6) is 0.0905. The lowest BCUT2D eigenvalue weighted by atomic mass is 10.1. The molecule has 2 amide bonds. The van der Waals surface area contributed by atoms with Crippen LogP contribution in [0.25, 0.3) is 11.3 Å². The van der Waals surface area contributed by atoms with Crippen LogP contribution >= 0.6 is 23.1 Å². The smallest absolute Gasteiger partial charge is 0.256 e. The number of thioether (sulfide) groups is 1. The number of carbonyl (C=O) groups is 2. The van der Waals surface area contributed by atoms with Gasteiger partial charge in [0.2, 0.25) is 5.91 Å². The van der Waals surface area contributed by atoms with E-state index in [-0.39, 0.29) is 11.8 Å². The van der Waals surface area contributed by atoms with E-state index in [1.54, 1.807) is 0 Å². The molecule has 5 nitrogen and oxygen atoms in total. The summed E-state index contributed by atoms with van der Waals surface area (Å²) in [6.07, 6.45) is 0. The number of carbonyl (C=O) groups excluding carboxylic acids is 2. The van der Waals surface area contributed by atoms with E-state index in [1.807, 2.05) is 69.3 Å². The van der Waals surface area contributed by atoms with Gasteiger partial charge >= 0.3 is 0 Å². The van der Waals surface area contributed by atoms with Crippen molar-refractivity contribution in [1.82, 2.24) is 10.3 Å². The first kappa shape index (κ1) is 21.1. The number of benzene rings is 2. The number of hydrogen-bond acceptors (Lipinski definition) is 5. The van der Waals surface area contributed by atoms with E-state index in [0.717, 1.165) is 21.0 Å². The van der Waals surface area contributed by atoms with Crippen molar-refractivity contribution in [3.8, 4) is 11.3 Å². The standard InChI is InChI=1S/C22H23N3O2S2/c1-4-23-18(26)13-28-22-24-19(16-8-6-5-7-9-16)21(29-22)25-20(27)17-11-14(2)10-15(3)12-17/h5-12H,4,13H2,1-3H3,(H,23,26)(H,25,27). The molecule has 150 valence electrons. The third-order valence-corrected chi connectivity index (χ3v) is 6.18. The molecule has 29 heavy (non-hydrogen) atoms. The van der Waals surface area contributed by atoms with Crippen molar-refractivity contribution in [2.24, 2.45) is 0 Å². The molecule has 0 aliphatic carbocycles. The number of nitrogens with zero attached hydrogens (tertiary/aromatic N) is 1. The van der Waals surface area contributed by atoms with E-state index in [2.05, 4.69) is 15.6 Å². The Morgan fingerprint density at radius 2 is 1.76 bits per heavy atom. The monoisotopic (exact) mass is 425 g/mol. The number of nitrogens with one attached hydrogen (secondary N) is 2. The van der Waals surface area contributed by atoms with E-state index in [0.29, 0.717) is 28.6 Å². The fraction of sp³-hybridized carbons (Fsp3) is 0.227. The van der Waals surface area contributed by atoms with Crippen molar-refractivity contribution in [2.45, 2.75) is 25.1 Å². The van der Waals surface area contributed by atoms with Crippen LogP contribution in [0, 0.1) is 13.8 Å². The molecular weight excluding hydrogens is 402 g/mol. The quantitative estimate of drug-likeness (QED) is 0.528. The van der Waals surface area contributed by atoms with Gasteiger partial charge in [-0.05, 0) is 32.9 Å². The van der Waals surface area contributed by atoms with Crippen LogP contribution in [0.3, 0.4) is 0 Å². The van der Waals surface area contributed by atoms with Gasteiger partial charge in [0.15, 0.2) is 4.34 Å². The highest BCUT2D eigenvalue weighted by molar-refractivity contribution is 8.01. The summed E-state index contributed by atoms with van der Waals surface area (Å²) in [6.45, 7) is 6.44. The van der Waals surface area contributed by atoms with E-state index in [1.165, 1.54) is 23.1 Å². The molecule has 2 aromatic carbocycles. The summed E-state index contributed by atoms with van der Waals surface area (Å²) in [5, 5.41) is 6.48. The Morgan fingerprint density at radius 1 is 1.07 bits per heavy atom. The first-order valence-electron chi connectivity index (χ1n) is 9.31. The first-order valence-corrected chi connectivity index (χ1v) is 11.1. The average Bonchev–Trinajstić information content (AvgIpc) is 3.09. The van der Waals surface area contributed by atoms with Crippen LogP contribution in [0.15, 0.2) is 52.9 Å². The number of hydrogen-bond donors (Lipinski definition) is 2. The van der Waals surface area contributed by atoms with Gasteiger partial charge in [-0.3, -0.25) is 9.59 Å². The SMILES string of the molecule is CCNC(=O)CSc1nc(-c2ccccc2)c(NC(=O)c2cc(C)cc(C)c2)s1. The first-order chi connectivity index (χ1) is 14.0. The summed E-state index contributed by atoms with van der Waals surface area (Å²) >= 11 is 2.76. The van der Waals surface area contributed by atoms with Crippen molar-refractivity contribution in [2.75, 3.05) is 17.6 Å². The summed E-state index contributed by atoms with van der Waals surface area (Å²) in [4.78, 5) is 29.3. The van der Waals surface area contributed by atoms with Gasteiger partial charge in [0, 0.05) is 17.7 Å². The van der Waals surface area contributed by atoms with Crippen LogP contribution in [0.1, 0.15) is 28.4 Å². The highest BCUT2D eigenvalue weighted by Crippen LogP contribution is 2.37. The molecule has 1 heterocycles. The minimum Gasteiger partial charge on any atom is -0.356 e. The molecule has 7 heteroatoms. The van der Waals surface area contributed by atoms with Crippen LogP contribution in [-0.2, 0) is 4.79 Å². The van der Waals surface area contributed by atoms with Gasteiger partial charge in [-0.15, -0.1) is 0 Å². The number of thiazole rings is 1. The fourth-order valence-corrected chi connectivity index (χ4v) is 4.79. The number of rotatable bonds is 7. The molecule has 2 N–H and O–H groups in total. The van der Waals surface area contributed by atoms with E-state index < -0.39 is 0 Å². The molecule has 3 rings (SSSR count). The van der Waals surface area contributed by atoms with E-state index in [9.17, 15) is 9.59 Å². The summed E-state index contributed by atoms with van der Waals surface area (Å²) in [6, 6.07) is 15.5. The number of aromatic nitrogens is 1. The predicted octanol–water partition coefficient (Wildman–Crippen LogP) is 4.91. The third-order valence-electron chi connectivity index (χ3n) is 4.07. The second-order valence-electron chi connectivity index (χ2n) is 6.60. The molecule has 0 saturated carbocycles. The highest BCUT2D eigenvalue weighted by Gasteiger charge is 2.17. The predicted molar refractivity (Wildman–Crippen MR) is 121 cm³/mol. The largest absolute Gasteiger partial charge is 0.356 e. The minimum absolute atomic E-state index is 0.0326. The van der Waals surface area contributed by atoms with E-state index in [4.69, 9.17) is 0 Å². The summed E-state index contributed by atoms with van der Waals surface area (Å²) in [5.41, 5.74) is 4.34. The van der Waals surface area contributed by atoms with Crippen LogP contribution in [0.2, 0.25) is 0 Å². The van der Waals surface area contributed by atoms with Crippen molar-refractivity contribution >= 4 is 39.9 Å². The van der Waals surface area contributed by atoms with Gasteiger partial charge in [0.05, 0.1) is 5.75 Å². The fourth-order valence-electron chi connectivity index (χ4n) is 2.90. The van der Waals surface area contributed by atoms with Crippen LogP contribution in [-0.4, -0.2) is 29.1 Å². The van der Waals surface area contributed by atoms with E-state index >= 15 is 0 Å². The number of aryl methyl sites for hydroxylation is 2. The molecule has 0 fully saturated rings. The van der Waals surface area contributed by atoms with Gasteiger partial charge < -0.3 is 10.6 Å². The molecule has 0 radical (unpaired) electrons. The Morgan fingerprint density at radius 3 is 2.41 bits per heavy atom. The van der Waals surface area contributed by atoms with Crippen LogP contribution in [0.4, 0.5) is 5.00 Å². The van der Waals surface area contributed by atoms with Gasteiger partial charge in [-0.1, -0.05) is 70.6 Å². The Bertz CT molecular complexity index is 996. The van der Waals surface area contributed by atoms with Crippen molar-refractivity contribution in [1.29, 1.82) is 0 Å². The lowest BCUT2D eigenvalue weighted by molar-refractivity contribution is -0.118. The zero-order chi connectivity index (χ0) is 20.8. The molecule has 0 aliphatic heterocycles. The molecular formula is C22H23N3O2S2. The molecule has 0 atom stereocenters. The molecule has 1 aromatic heterocycles. The normalized spacial score (nSPS) is 10.6. The lowest BCUT2D eigenvalue weighted by Crippen LogP contribution is -2.24. The second kappa shape index (κ2) is 9.71. The molecule has 3 aromatic rings. The Balaban J connectivity index is 1.87. The Labute approximate surface area is 179 Å². The number of anilines is 1. The Hall–Kier alpha value is -2.64. The summed E-state index contributed by atoms with van der Waals surface area (Å²) < 4.78 is 0.742. The maximum Gasteiger partial charge on any atom is 0.256 e. The zero-order valence-electron chi connectivity index (χ0n) is 16.6. The molecule has 0 spiro atoms. The molecule has 0 saturated heterocycles. The van der Waals surface area contributed by atoms with Gasteiger partial charge in [0.25, 0.3) is 5.91 Å². The Kier molecular flexibility index (Phi) is 7.06. The molecule has 0 bridgehead atoms. The zero-order valence-corrected chi connectivity index (χ0v) is 18.2. The second-order valence-corrected chi connectivity index (χ2v) is 8.82. The van der Waals surface area contributed by atoms with Crippen LogP contribution in [0.5, 0.6) is 0 Å².